The Morgan fingerprint density at radius 3 is 2.37 bits per heavy atom. The third kappa shape index (κ3) is 6.68. The number of nitrogens with one attached hydrogen (secondary N) is 1. The number of amides is 1. The van der Waals surface area contributed by atoms with Gasteiger partial charge >= 0.3 is 11.9 Å². The van der Waals surface area contributed by atoms with Crippen LogP contribution in [-0.4, -0.2) is 38.8 Å². The zero-order valence-corrected chi connectivity index (χ0v) is 25.7. The minimum atomic E-state index is -4.65. The fourth-order valence-corrected chi connectivity index (χ4v) is 5.70. The third-order valence-electron chi connectivity index (χ3n) is 7.12. The summed E-state index contributed by atoms with van der Waals surface area (Å²) in [6.45, 7) is 3.55. The van der Waals surface area contributed by atoms with Crippen molar-refractivity contribution >= 4 is 33.4 Å². The predicted octanol–water partition coefficient (Wildman–Crippen LogP) is 6.89. The number of halogens is 5. The minimum Gasteiger partial charge on any atom is -0.491 e. The molecule has 1 aromatic heterocycles. The number of alkyl halides is 3. The monoisotopic (exact) mass is 676 g/mol. The van der Waals surface area contributed by atoms with Crippen molar-refractivity contribution in [3.8, 4) is 11.4 Å². The number of nitrogens with zero attached hydrogens (tertiary/aromatic N) is 3. The Morgan fingerprint density at radius 2 is 1.74 bits per heavy atom. The summed E-state index contributed by atoms with van der Waals surface area (Å²) in [4.78, 5) is 28.7. The average Bonchev–Trinajstić information content (AvgIpc) is 3.25. The summed E-state index contributed by atoms with van der Waals surface area (Å²) in [5.41, 5.74) is 0.865. The number of aromatic nitrogens is 2. The Hall–Kier alpha value is -3.54. The molecule has 12 heteroatoms. The van der Waals surface area contributed by atoms with Gasteiger partial charge < -0.3 is 10.1 Å². The second kappa shape index (κ2) is 12.6. The first kappa shape index (κ1) is 30.9. The molecule has 1 amide bonds. The van der Waals surface area contributed by atoms with Gasteiger partial charge in [-0.1, -0.05) is 48.0 Å². The van der Waals surface area contributed by atoms with Crippen LogP contribution in [-0.2, 0) is 19.6 Å². The lowest BCUT2D eigenvalue weighted by Gasteiger charge is -2.36. The lowest BCUT2D eigenvalue weighted by Crippen LogP contribution is -2.44. The van der Waals surface area contributed by atoms with Crippen LogP contribution in [0.5, 0.6) is 5.75 Å². The average molecular weight is 678 g/mol. The summed E-state index contributed by atoms with van der Waals surface area (Å²) in [6.07, 6.45) is -4.72. The van der Waals surface area contributed by atoms with E-state index in [-0.39, 0.29) is 54.3 Å². The number of hydrogen-bond donors (Lipinski definition) is 1. The lowest BCUT2D eigenvalue weighted by atomic mass is 10.0. The van der Waals surface area contributed by atoms with Crippen molar-refractivity contribution in [3.05, 3.63) is 115 Å². The maximum atomic E-state index is 14.6. The Kier molecular flexibility index (Phi) is 9.05. The highest BCUT2D eigenvalue weighted by Gasteiger charge is 2.46. The van der Waals surface area contributed by atoms with Gasteiger partial charge in [0.2, 0.25) is 0 Å². The first-order valence-electron chi connectivity index (χ1n) is 13.6. The fourth-order valence-electron chi connectivity index (χ4n) is 5.27. The molecule has 0 spiro atoms. The van der Waals surface area contributed by atoms with Crippen LogP contribution in [0.1, 0.15) is 47.2 Å². The van der Waals surface area contributed by atoms with Gasteiger partial charge in [0, 0.05) is 30.7 Å². The maximum absolute atomic E-state index is 14.6. The third-order valence-corrected chi connectivity index (χ3v) is 8.35. The van der Waals surface area contributed by atoms with E-state index in [1.54, 1.807) is 24.3 Å². The van der Waals surface area contributed by atoms with Crippen molar-refractivity contribution in [3.63, 3.8) is 0 Å². The first-order valence-corrected chi connectivity index (χ1v) is 14.8. The maximum Gasteiger partial charge on any atom is 0.408 e. The molecule has 0 saturated carbocycles. The van der Waals surface area contributed by atoms with Crippen LogP contribution in [0, 0.1) is 0 Å². The van der Waals surface area contributed by atoms with Crippen molar-refractivity contribution in [2.45, 2.75) is 51.8 Å². The van der Waals surface area contributed by atoms with Crippen LogP contribution in [0.2, 0.25) is 5.02 Å². The number of rotatable bonds is 8. The number of ether oxygens (including phenoxy) is 1. The van der Waals surface area contributed by atoms with Crippen LogP contribution < -0.4 is 15.7 Å². The molecule has 5 rings (SSSR count). The largest absolute Gasteiger partial charge is 0.491 e. The van der Waals surface area contributed by atoms with E-state index in [1.165, 1.54) is 32.2 Å². The van der Waals surface area contributed by atoms with Gasteiger partial charge in [-0.25, -0.2) is 4.79 Å². The summed E-state index contributed by atoms with van der Waals surface area (Å²) in [5, 5.41) is 3.00. The van der Waals surface area contributed by atoms with Crippen LogP contribution in [0.4, 0.5) is 13.2 Å². The lowest BCUT2D eigenvalue weighted by molar-refractivity contribution is -0.190. The van der Waals surface area contributed by atoms with Gasteiger partial charge in [0.1, 0.15) is 17.5 Å². The Balaban J connectivity index is 1.57. The molecule has 3 aromatic carbocycles. The number of hydrogen-bond acceptors (Lipinski definition) is 4. The molecule has 0 saturated heterocycles. The molecule has 43 heavy (non-hydrogen) atoms. The van der Waals surface area contributed by atoms with E-state index in [9.17, 15) is 22.8 Å². The quantitative estimate of drug-likeness (QED) is 0.221. The number of carbonyl (C=O) groups excluding carboxylic acids is 1. The van der Waals surface area contributed by atoms with E-state index in [0.29, 0.717) is 15.9 Å². The predicted molar refractivity (Wildman–Crippen MR) is 162 cm³/mol. The van der Waals surface area contributed by atoms with E-state index in [1.807, 2.05) is 44.2 Å². The summed E-state index contributed by atoms with van der Waals surface area (Å²) < 4.78 is 52.6. The van der Waals surface area contributed by atoms with Crippen molar-refractivity contribution in [2.75, 3.05) is 6.54 Å². The molecule has 0 unspecified atom stereocenters. The van der Waals surface area contributed by atoms with Gasteiger partial charge in [0.05, 0.1) is 22.5 Å². The van der Waals surface area contributed by atoms with Crippen LogP contribution >= 0.6 is 27.5 Å². The van der Waals surface area contributed by atoms with Crippen molar-refractivity contribution in [2.24, 2.45) is 0 Å². The topological polar surface area (TPSA) is 68.5 Å². The minimum absolute atomic E-state index is 0.0158. The highest BCUT2D eigenvalue weighted by molar-refractivity contribution is 9.10. The van der Waals surface area contributed by atoms with Crippen LogP contribution in [0.3, 0.4) is 0 Å². The Bertz CT molecular complexity index is 1670. The summed E-state index contributed by atoms with van der Waals surface area (Å²) in [6, 6.07) is 18.0. The number of carbonyl (C=O) groups is 1. The van der Waals surface area contributed by atoms with Gasteiger partial charge in [-0.05, 0) is 77.3 Å². The van der Waals surface area contributed by atoms with E-state index < -0.39 is 23.8 Å². The van der Waals surface area contributed by atoms with Crippen molar-refractivity contribution in [1.29, 1.82) is 0 Å². The van der Waals surface area contributed by atoms with Gasteiger partial charge in [-0.3, -0.25) is 18.8 Å². The molecule has 1 aliphatic rings. The standard InChI is InChI=1S/C31H29BrClF3N4O3/c1-19(2)43-23-11-9-22(10-12-23)40-27(29(41)37-17-20-6-4-3-5-7-20)26-18-38(14-15-39(26)30(40)42)28(31(34,35)36)21-8-13-24(32)25(33)16-21/h3-13,16,19,28H,14-15,17-18H2,1-2H3,(H,37,41)/t28-/m1/s1. The molecule has 226 valence electrons. The van der Waals surface area contributed by atoms with E-state index >= 15 is 0 Å². The fraction of sp³-hybridized carbons (Fsp3) is 0.290. The molecule has 1 atom stereocenters. The zero-order valence-electron chi connectivity index (χ0n) is 23.4. The summed E-state index contributed by atoms with van der Waals surface area (Å²) >= 11 is 9.40. The molecule has 1 N–H and O–H groups in total. The van der Waals surface area contributed by atoms with Crippen molar-refractivity contribution < 1.29 is 22.7 Å². The van der Waals surface area contributed by atoms with Gasteiger partial charge in [0.25, 0.3) is 5.91 Å². The molecule has 0 radical (unpaired) electrons. The summed E-state index contributed by atoms with van der Waals surface area (Å²) in [5.74, 6) is 0.00695. The Morgan fingerprint density at radius 1 is 1.05 bits per heavy atom. The molecule has 0 bridgehead atoms. The smallest absolute Gasteiger partial charge is 0.408 e. The van der Waals surface area contributed by atoms with E-state index in [2.05, 4.69) is 21.2 Å². The van der Waals surface area contributed by atoms with Gasteiger partial charge in [-0.2, -0.15) is 13.2 Å². The molecule has 0 aliphatic carbocycles. The number of fused-ring (bicyclic) bond motifs is 1. The first-order chi connectivity index (χ1) is 20.4. The molecule has 1 aliphatic heterocycles. The zero-order chi connectivity index (χ0) is 30.9. The second-order valence-electron chi connectivity index (χ2n) is 10.5. The van der Waals surface area contributed by atoms with Gasteiger partial charge in [-0.15, -0.1) is 0 Å². The normalized spacial score (nSPS) is 14.4. The molecule has 4 aromatic rings. The molecular formula is C31H29BrClF3N4O3. The van der Waals surface area contributed by atoms with Crippen LogP contribution in [0.25, 0.3) is 5.69 Å². The van der Waals surface area contributed by atoms with Crippen molar-refractivity contribution in [1.82, 2.24) is 19.4 Å². The highest BCUT2D eigenvalue weighted by atomic mass is 79.9. The second-order valence-corrected chi connectivity index (χ2v) is 11.7. The van der Waals surface area contributed by atoms with Gasteiger partial charge in [0.15, 0.2) is 0 Å². The highest BCUT2D eigenvalue weighted by Crippen LogP contribution is 2.41. The molecule has 7 nitrogen and oxygen atoms in total. The van der Waals surface area contributed by atoms with Crippen LogP contribution in [0.15, 0.2) is 82.1 Å². The number of imidazole rings is 1. The molecular weight excluding hydrogens is 649 g/mol. The molecule has 0 fully saturated rings. The SMILES string of the molecule is CC(C)Oc1ccc(-n2c(C(=O)NCc3ccccc3)c3n(c2=O)CCN([C@H](c2ccc(Br)c(Cl)c2)C(F)(F)F)C3)cc1. The summed E-state index contributed by atoms with van der Waals surface area (Å²) in [7, 11) is 0. The van der Waals surface area contributed by atoms with E-state index in [4.69, 9.17) is 16.3 Å². The molecule has 2 heterocycles. The van der Waals surface area contributed by atoms with E-state index in [0.717, 1.165) is 5.56 Å². The Labute approximate surface area is 260 Å². The number of benzene rings is 3.